The molecule has 0 saturated heterocycles. The van der Waals surface area contributed by atoms with E-state index in [0.717, 1.165) is 11.3 Å². The van der Waals surface area contributed by atoms with E-state index in [2.05, 4.69) is 5.32 Å². The first-order valence-electron chi connectivity index (χ1n) is 8.29. The van der Waals surface area contributed by atoms with Crippen molar-refractivity contribution in [1.29, 1.82) is 0 Å². The molecule has 6 nitrogen and oxygen atoms in total. The molecule has 2 aromatic carbocycles. The number of hydrogen-bond acceptors (Lipinski definition) is 5. The molecule has 138 valence electrons. The van der Waals surface area contributed by atoms with Crippen LogP contribution in [0.25, 0.3) is 0 Å². The van der Waals surface area contributed by atoms with E-state index in [0.29, 0.717) is 24.1 Å². The van der Waals surface area contributed by atoms with Crippen molar-refractivity contribution in [2.75, 3.05) is 34.4 Å². The molecule has 0 aliphatic heterocycles. The number of rotatable bonds is 9. The van der Waals surface area contributed by atoms with Gasteiger partial charge in [-0.2, -0.15) is 0 Å². The Kier molecular flexibility index (Phi) is 7.17. The van der Waals surface area contributed by atoms with Crippen molar-refractivity contribution in [3.8, 4) is 11.5 Å². The van der Waals surface area contributed by atoms with Crippen molar-refractivity contribution in [1.82, 2.24) is 10.2 Å². The van der Waals surface area contributed by atoms with Gasteiger partial charge in [-0.3, -0.25) is 9.59 Å². The minimum atomic E-state index is -0.250. The van der Waals surface area contributed by atoms with Crippen LogP contribution >= 0.6 is 0 Å². The Morgan fingerprint density at radius 3 is 2.65 bits per heavy atom. The summed E-state index contributed by atoms with van der Waals surface area (Å²) in [4.78, 5) is 25.1. The Labute approximate surface area is 153 Å². The number of likely N-dealkylation sites (N-methyl/N-ethyl adjacent to an activating group) is 1. The molecule has 1 atom stereocenters. The predicted octanol–water partition coefficient (Wildman–Crippen LogP) is 2.31. The maximum atomic E-state index is 12.1. The van der Waals surface area contributed by atoms with Gasteiger partial charge in [-0.1, -0.05) is 24.3 Å². The summed E-state index contributed by atoms with van der Waals surface area (Å²) in [5.41, 5.74) is 1.46. The summed E-state index contributed by atoms with van der Waals surface area (Å²) < 4.78 is 10.7. The van der Waals surface area contributed by atoms with Gasteiger partial charge in [0.05, 0.1) is 18.7 Å². The van der Waals surface area contributed by atoms with E-state index in [-0.39, 0.29) is 18.6 Å². The molecule has 0 aliphatic rings. The van der Waals surface area contributed by atoms with E-state index in [1.165, 1.54) is 0 Å². The van der Waals surface area contributed by atoms with Crippen LogP contribution in [0.4, 0.5) is 0 Å². The minimum Gasteiger partial charge on any atom is -0.497 e. The second kappa shape index (κ2) is 9.58. The average Bonchev–Trinajstić information content (AvgIpc) is 2.66. The lowest BCUT2D eigenvalue weighted by atomic mass is 10.1. The monoisotopic (exact) mass is 356 g/mol. The van der Waals surface area contributed by atoms with E-state index in [4.69, 9.17) is 9.47 Å². The fraction of sp³-hybridized carbons (Fsp3) is 0.300. The summed E-state index contributed by atoms with van der Waals surface area (Å²) in [6.45, 7) is 0.279. The second-order valence-electron chi connectivity index (χ2n) is 6.00. The third kappa shape index (κ3) is 5.32. The molecule has 0 heterocycles. The molecule has 1 amide bonds. The standard InChI is InChI=1S/C20H24N2O4/c1-22(2)18(15-8-6-9-17(11-15)25-3)12-21-20(24)14-26-19-10-5-4-7-16(19)13-23/h4-11,13,18H,12,14H2,1-3H3,(H,21,24). The minimum absolute atomic E-state index is 0.00342. The van der Waals surface area contributed by atoms with Gasteiger partial charge in [0.1, 0.15) is 11.5 Å². The lowest BCUT2D eigenvalue weighted by Crippen LogP contribution is -2.36. The summed E-state index contributed by atoms with van der Waals surface area (Å²) in [5, 5.41) is 2.87. The number of para-hydroxylation sites is 1. The molecule has 0 aromatic heterocycles. The van der Waals surface area contributed by atoms with Crippen molar-refractivity contribution < 1.29 is 19.1 Å². The molecular weight excluding hydrogens is 332 g/mol. The maximum Gasteiger partial charge on any atom is 0.258 e. The van der Waals surface area contributed by atoms with Crippen LogP contribution < -0.4 is 14.8 Å². The number of amides is 1. The van der Waals surface area contributed by atoms with Crippen LogP contribution in [0.3, 0.4) is 0 Å². The van der Waals surface area contributed by atoms with Crippen molar-refractivity contribution in [3.05, 3.63) is 59.7 Å². The van der Waals surface area contributed by atoms with E-state index in [1.807, 2.05) is 43.3 Å². The Hall–Kier alpha value is -2.86. The van der Waals surface area contributed by atoms with Crippen LogP contribution in [0.5, 0.6) is 11.5 Å². The molecule has 0 fully saturated rings. The van der Waals surface area contributed by atoms with Gasteiger partial charge in [0.2, 0.25) is 0 Å². The summed E-state index contributed by atoms with van der Waals surface area (Å²) >= 11 is 0. The Bertz CT molecular complexity index is 746. The van der Waals surface area contributed by atoms with Crippen LogP contribution in [-0.4, -0.2) is 51.5 Å². The van der Waals surface area contributed by atoms with E-state index in [9.17, 15) is 9.59 Å². The predicted molar refractivity (Wildman–Crippen MR) is 99.8 cm³/mol. The Morgan fingerprint density at radius 1 is 1.19 bits per heavy atom. The third-order valence-corrected chi connectivity index (χ3v) is 4.00. The molecule has 0 bridgehead atoms. The highest BCUT2D eigenvalue weighted by atomic mass is 16.5. The zero-order chi connectivity index (χ0) is 18.9. The fourth-order valence-corrected chi connectivity index (χ4v) is 2.56. The lowest BCUT2D eigenvalue weighted by molar-refractivity contribution is -0.123. The third-order valence-electron chi connectivity index (χ3n) is 4.00. The molecule has 26 heavy (non-hydrogen) atoms. The van der Waals surface area contributed by atoms with Crippen molar-refractivity contribution in [2.45, 2.75) is 6.04 Å². The normalized spacial score (nSPS) is 11.7. The zero-order valence-electron chi connectivity index (χ0n) is 15.3. The van der Waals surface area contributed by atoms with Crippen LogP contribution in [0.1, 0.15) is 22.0 Å². The van der Waals surface area contributed by atoms with Crippen molar-refractivity contribution in [2.24, 2.45) is 0 Å². The van der Waals surface area contributed by atoms with Gasteiger partial charge in [0.15, 0.2) is 12.9 Å². The number of benzene rings is 2. The molecule has 0 radical (unpaired) electrons. The van der Waals surface area contributed by atoms with E-state index < -0.39 is 0 Å². The van der Waals surface area contributed by atoms with Gasteiger partial charge in [0.25, 0.3) is 5.91 Å². The van der Waals surface area contributed by atoms with Crippen molar-refractivity contribution in [3.63, 3.8) is 0 Å². The van der Waals surface area contributed by atoms with Crippen LogP contribution in [0.15, 0.2) is 48.5 Å². The number of nitrogens with zero attached hydrogens (tertiary/aromatic N) is 1. The number of methoxy groups -OCH3 is 1. The molecule has 0 aliphatic carbocycles. The first-order valence-corrected chi connectivity index (χ1v) is 8.29. The average molecular weight is 356 g/mol. The molecule has 2 rings (SSSR count). The highest BCUT2D eigenvalue weighted by Crippen LogP contribution is 2.22. The summed E-state index contributed by atoms with van der Waals surface area (Å²) in [7, 11) is 5.53. The van der Waals surface area contributed by atoms with E-state index in [1.54, 1.807) is 31.4 Å². The molecule has 6 heteroatoms. The maximum absolute atomic E-state index is 12.1. The van der Waals surface area contributed by atoms with Crippen LogP contribution in [0, 0.1) is 0 Å². The number of carbonyl (C=O) groups is 2. The SMILES string of the molecule is COc1cccc(C(CNC(=O)COc2ccccc2C=O)N(C)C)c1. The quantitative estimate of drug-likeness (QED) is 0.699. The van der Waals surface area contributed by atoms with Crippen LogP contribution in [-0.2, 0) is 4.79 Å². The number of hydrogen-bond donors (Lipinski definition) is 1. The molecule has 0 saturated carbocycles. The molecule has 1 N–H and O–H groups in total. The van der Waals surface area contributed by atoms with Crippen LogP contribution in [0.2, 0.25) is 0 Å². The number of nitrogens with one attached hydrogen (secondary N) is 1. The van der Waals surface area contributed by atoms with Gasteiger partial charge in [-0.25, -0.2) is 0 Å². The first kappa shape index (κ1) is 19.5. The van der Waals surface area contributed by atoms with Crippen molar-refractivity contribution >= 4 is 12.2 Å². The first-order chi connectivity index (χ1) is 12.5. The zero-order valence-corrected chi connectivity index (χ0v) is 15.3. The Morgan fingerprint density at radius 2 is 1.96 bits per heavy atom. The molecule has 2 aromatic rings. The highest BCUT2D eigenvalue weighted by Gasteiger charge is 2.16. The Balaban J connectivity index is 1.94. The summed E-state index contributed by atoms with van der Waals surface area (Å²) in [6, 6.07) is 14.6. The molecule has 0 spiro atoms. The topological polar surface area (TPSA) is 67.9 Å². The summed E-state index contributed by atoms with van der Waals surface area (Å²) in [6.07, 6.45) is 0.706. The van der Waals surface area contributed by atoms with Gasteiger partial charge < -0.3 is 19.7 Å². The highest BCUT2D eigenvalue weighted by molar-refractivity contribution is 5.80. The number of ether oxygens (including phenoxy) is 2. The smallest absolute Gasteiger partial charge is 0.258 e. The fourth-order valence-electron chi connectivity index (χ4n) is 2.56. The van der Waals surface area contributed by atoms with Gasteiger partial charge in [0, 0.05) is 6.54 Å². The van der Waals surface area contributed by atoms with Gasteiger partial charge in [-0.15, -0.1) is 0 Å². The molecular formula is C20H24N2O4. The number of aldehydes is 1. The van der Waals surface area contributed by atoms with Gasteiger partial charge >= 0.3 is 0 Å². The second-order valence-corrected chi connectivity index (χ2v) is 6.00. The number of carbonyl (C=O) groups excluding carboxylic acids is 2. The largest absolute Gasteiger partial charge is 0.497 e. The van der Waals surface area contributed by atoms with E-state index >= 15 is 0 Å². The summed E-state index contributed by atoms with van der Waals surface area (Å²) in [5.74, 6) is 0.921. The van der Waals surface area contributed by atoms with Gasteiger partial charge in [-0.05, 0) is 43.9 Å². The molecule has 1 unspecified atom stereocenters. The lowest BCUT2D eigenvalue weighted by Gasteiger charge is -2.25.